The molecule has 0 aromatic carbocycles. The summed E-state index contributed by atoms with van der Waals surface area (Å²) in [5, 5.41) is 0. The Balaban J connectivity index is 1.99. The van der Waals surface area contributed by atoms with Gasteiger partial charge in [-0.15, -0.1) is 0 Å². The summed E-state index contributed by atoms with van der Waals surface area (Å²) in [5.74, 6) is -1.76. The van der Waals surface area contributed by atoms with Crippen molar-refractivity contribution in [3.63, 3.8) is 0 Å². The number of carbonyl (C=O) groups is 1. The lowest BCUT2D eigenvalue weighted by atomic mass is 10.2. The number of hydrogen-bond acceptors (Lipinski definition) is 2. The lowest BCUT2D eigenvalue weighted by molar-refractivity contribution is -0.156. The minimum atomic E-state index is -4.20. The molecule has 3 unspecified atom stereocenters. The molecule has 1 saturated heterocycles. The van der Waals surface area contributed by atoms with Crippen molar-refractivity contribution < 1.29 is 22.7 Å². The Morgan fingerprint density at radius 2 is 1.88 bits per heavy atom. The molecule has 1 aliphatic carbocycles. The van der Waals surface area contributed by atoms with Crippen molar-refractivity contribution in [1.82, 2.24) is 4.90 Å². The Bertz CT molecular complexity index is 335. The number of ether oxygens (including phenoxy) is 1. The summed E-state index contributed by atoms with van der Waals surface area (Å²) < 4.78 is 42.8. The first kappa shape index (κ1) is 12.5. The zero-order chi connectivity index (χ0) is 13.0. The molecule has 6 heteroatoms. The summed E-state index contributed by atoms with van der Waals surface area (Å²) in [6.07, 6.45) is -4.40. The fourth-order valence-electron chi connectivity index (χ4n) is 2.54. The minimum Gasteiger partial charge on any atom is -0.444 e. The van der Waals surface area contributed by atoms with Crippen LogP contribution in [-0.2, 0) is 4.74 Å². The van der Waals surface area contributed by atoms with E-state index in [0.717, 1.165) is 0 Å². The fourth-order valence-corrected chi connectivity index (χ4v) is 2.54. The second-order valence-electron chi connectivity index (χ2n) is 5.68. The number of nitrogens with zero attached hydrogens (tertiary/aromatic N) is 1. The molecule has 1 aliphatic heterocycles. The van der Waals surface area contributed by atoms with Crippen LogP contribution in [-0.4, -0.2) is 35.4 Å². The van der Waals surface area contributed by atoms with E-state index < -0.39 is 35.7 Å². The second-order valence-corrected chi connectivity index (χ2v) is 5.68. The van der Waals surface area contributed by atoms with E-state index in [1.54, 1.807) is 20.8 Å². The van der Waals surface area contributed by atoms with E-state index in [1.807, 2.05) is 0 Å². The number of piperidine rings is 1. The Morgan fingerprint density at radius 3 is 2.29 bits per heavy atom. The van der Waals surface area contributed by atoms with Gasteiger partial charge in [-0.1, -0.05) is 0 Å². The van der Waals surface area contributed by atoms with Gasteiger partial charge in [-0.25, -0.2) is 4.79 Å². The highest BCUT2D eigenvalue weighted by Gasteiger charge is 2.69. The summed E-state index contributed by atoms with van der Waals surface area (Å²) in [5.41, 5.74) is -0.669. The van der Waals surface area contributed by atoms with Crippen LogP contribution >= 0.6 is 0 Å². The van der Waals surface area contributed by atoms with Gasteiger partial charge in [0.15, 0.2) is 0 Å². The maximum atomic E-state index is 12.6. The molecule has 2 rings (SSSR count). The first-order valence-electron chi connectivity index (χ1n) is 5.67. The smallest absolute Gasteiger partial charge is 0.410 e. The highest BCUT2D eigenvalue weighted by molar-refractivity contribution is 5.70. The van der Waals surface area contributed by atoms with E-state index in [-0.39, 0.29) is 0 Å². The van der Waals surface area contributed by atoms with E-state index in [0.29, 0.717) is 13.0 Å². The predicted octanol–water partition coefficient (Wildman–Crippen LogP) is 2.80. The topological polar surface area (TPSA) is 29.5 Å². The Hall–Kier alpha value is -0.940. The van der Waals surface area contributed by atoms with Gasteiger partial charge in [0.1, 0.15) is 5.60 Å². The molecule has 0 radical (unpaired) electrons. The molecule has 1 heterocycles. The Labute approximate surface area is 97.9 Å². The number of likely N-dealkylation sites (tertiary alicyclic amines) is 1. The lowest BCUT2D eigenvalue weighted by Crippen LogP contribution is -2.39. The third-order valence-electron chi connectivity index (χ3n) is 3.20. The molecular formula is C11H16F3NO2. The largest absolute Gasteiger partial charge is 0.444 e. The van der Waals surface area contributed by atoms with E-state index in [4.69, 9.17) is 4.74 Å². The Morgan fingerprint density at radius 1 is 1.29 bits per heavy atom. The van der Waals surface area contributed by atoms with Gasteiger partial charge in [0.2, 0.25) is 0 Å². The quantitative estimate of drug-likeness (QED) is 0.662. The highest BCUT2D eigenvalue weighted by atomic mass is 19.4. The number of fused-ring (bicyclic) bond motifs is 1. The van der Waals surface area contributed by atoms with E-state index >= 15 is 0 Å². The summed E-state index contributed by atoms with van der Waals surface area (Å²) in [6, 6.07) is -0.690. The van der Waals surface area contributed by atoms with Gasteiger partial charge in [-0.2, -0.15) is 13.2 Å². The number of halogens is 3. The number of amides is 1. The summed E-state index contributed by atoms with van der Waals surface area (Å²) >= 11 is 0. The molecule has 0 bridgehead atoms. The average molecular weight is 251 g/mol. The van der Waals surface area contributed by atoms with Gasteiger partial charge in [0.25, 0.3) is 0 Å². The van der Waals surface area contributed by atoms with E-state index in [9.17, 15) is 18.0 Å². The van der Waals surface area contributed by atoms with Crippen LogP contribution in [0.2, 0.25) is 0 Å². The molecule has 98 valence electrons. The van der Waals surface area contributed by atoms with Crippen LogP contribution in [0.15, 0.2) is 0 Å². The molecule has 17 heavy (non-hydrogen) atoms. The number of rotatable bonds is 0. The van der Waals surface area contributed by atoms with Crippen molar-refractivity contribution in [3.05, 3.63) is 0 Å². The average Bonchev–Trinajstić information content (AvgIpc) is 2.65. The van der Waals surface area contributed by atoms with Gasteiger partial charge >= 0.3 is 12.3 Å². The van der Waals surface area contributed by atoms with Gasteiger partial charge in [0.05, 0.1) is 12.0 Å². The predicted molar refractivity (Wildman–Crippen MR) is 54.4 cm³/mol. The highest BCUT2D eigenvalue weighted by Crippen LogP contribution is 2.58. The minimum absolute atomic E-state index is 0.372. The molecule has 1 saturated carbocycles. The maximum absolute atomic E-state index is 12.6. The summed E-state index contributed by atoms with van der Waals surface area (Å²) in [4.78, 5) is 12.9. The first-order chi connectivity index (χ1) is 7.61. The molecular weight excluding hydrogens is 235 g/mol. The zero-order valence-corrected chi connectivity index (χ0v) is 10.0. The van der Waals surface area contributed by atoms with Crippen LogP contribution in [0.5, 0.6) is 0 Å². The van der Waals surface area contributed by atoms with Crippen LogP contribution in [0.1, 0.15) is 27.2 Å². The normalized spacial score (nSPS) is 32.4. The van der Waals surface area contributed by atoms with Crippen LogP contribution in [0.4, 0.5) is 18.0 Å². The van der Waals surface area contributed by atoms with Crippen molar-refractivity contribution in [1.29, 1.82) is 0 Å². The van der Waals surface area contributed by atoms with E-state index in [1.165, 1.54) is 4.90 Å². The molecule has 3 atom stereocenters. The molecule has 0 N–H and O–H groups in total. The standard InChI is InChI=1S/C11H16F3NO2/c1-10(2,3)17-9(16)15-5-4-6-7(8(6)15)11(12,13)14/h6-8H,4-5H2,1-3H3. The molecule has 2 fully saturated rings. The molecule has 0 spiro atoms. The number of alkyl halides is 3. The van der Waals surface area contributed by atoms with Gasteiger partial charge in [-0.3, -0.25) is 0 Å². The van der Waals surface area contributed by atoms with Crippen LogP contribution in [0, 0.1) is 11.8 Å². The van der Waals surface area contributed by atoms with Crippen molar-refractivity contribution in [2.24, 2.45) is 11.8 Å². The van der Waals surface area contributed by atoms with E-state index in [2.05, 4.69) is 0 Å². The SMILES string of the molecule is CC(C)(C)OC(=O)N1CCC2C1C2C(F)(F)F. The fraction of sp³-hybridized carbons (Fsp3) is 0.909. The second kappa shape index (κ2) is 3.53. The summed E-state index contributed by atoms with van der Waals surface area (Å²) in [6.45, 7) is 5.47. The van der Waals surface area contributed by atoms with Gasteiger partial charge in [-0.05, 0) is 33.1 Å². The maximum Gasteiger partial charge on any atom is 0.410 e. The molecule has 1 amide bonds. The zero-order valence-electron chi connectivity index (χ0n) is 10.0. The first-order valence-corrected chi connectivity index (χ1v) is 5.67. The van der Waals surface area contributed by atoms with Gasteiger partial charge < -0.3 is 9.64 Å². The van der Waals surface area contributed by atoms with Gasteiger partial charge in [0, 0.05) is 6.54 Å². The van der Waals surface area contributed by atoms with Crippen LogP contribution in [0.25, 0.3) is 0 Å². The molecule has 3 nitrogen and oxygen atoms in total. The number of carbonyl (C=O) groups excluding carboxylic acids is 1. The molecule has 0 aromatic heterocycles. The van der Waals surface area contributed by atoms with Crippen molar-refractivity contribution in [3.8, 4) is 0 Å². The third kappa shape index (κ3) is 2.35. The van der Waals surface area contributed by atoms with Crippen molar-refractivity contribution in [2.45, 2.75) is 45.0 Å². The van der Waals surface area contributed by atoms with Crippen molar-refractivity contribution in [2.75, 3.05) is 6.54 Å². The molecule has 2 aliphatic rings. The third-order valence-corrected chi connectivity index (χ3v) is 3.20. The number of hydrogen-bond donors (Lipinski definition) is 0. The van der Waals surface area contributed by atoms with Crippen LogP contribution < -0.4 is 0 Å². The lowest BCUT2D eigenvalue weighted by Gasteiger charge is -2.26. The molecule has 0 aromatic rings. The monoisotopic (exact) mass is 251 g/mol. The van der Waals surface area contributed by atoms with Crippen molar-refractivity contribution >= 4 is 6.09 Å². The Kier molecular flexibility index (Phi) is 2.60. The summed E-state index contributed by atoms with van der Waals surface area (Å²) in [7, 11) is 0. The van der Waals surface area contributed by atoms with Crippen LogP contribution in [0.3, 0.4) is 0 Å².